The monoisotopic (exact) mass is 446 g/mol. The zero-order valence-electron chi connectivity index (χ0n) is 18.8. The molecule has 0 saturated carbocycles. The van der Waals surface area contributed by atoms with Crippen molar-refractivity contribution in [3.8, 4) is 22.3 Å². The van der Waals surface area contributed by atoms with E-state index in [1.165, 1.54) is 50.0 Å². The minimum Gasteiger partial charge on any atom is -0.289 e. The molecule has 7 aromatic rings. The van der Waals surface area contributed by atoms with E-state index in [4.69, 9.17) is 9.97 Å². The van der Waals surface area contributed by atoms with Crippen molar-refractivity contribution in [2.75, 3.05) is 0 Å². The number of imidazole rings is 1. The van der Waals surface area contributed by atoms with E-state index >= 15 is 0 Å². The van der Waals surface area contributed by atoms with Gasteiger partial charge in [0.05, 0.1) is 22.7 Å². The Bertz CT molecular complexity index is 2070. The molecule has 4 heteroatoms. The minimum atomic E-state index is 0.900. The highest BCUT2D eigenvalue weighted by atomic mass is 15.0. The van der Waals surface area contributed by atoms with E-state index < -0.39 is 0 Å². The zero-order valence-corrected chi connectivity index (χ0v) is 18.8. The standard InChI is InChI=1S/C31H18N4/c1-2-5-20-17(4-1)12-18-13-25-19(14-24(18)20)15-26-21(25)7-8-27-30(26)35-28-16-32-11-9-22(28)23-6-3-10-33-29(23)31(35)34-27/h1-11,13-14,16H,12,15H2. The molecule has 2 aliphatic rings. The Labute approximate surface area is 200 Å². The highest BCUT2D eigenvalue weighted by Crippen LogP contribution is 2.46. The molecule has 0 bridgehead atoms. The van der Waals surface area contributed by atoms with Crippen LogP contribution in [0.15, 0.2) is 85.3 Å². The van der Waals surface area contributed by atoms with Gasteiger partial charge in [0.2, 0.25) is 0 Å². The first kappa shape index (κ1) is 17.8. The second-order valence-electron chi connectivity index (χ2n) is 9.70. The molecule has 0 spiro atoms. The van der Waals surface area contributed by atoms with Crippen molar-refractivity contribution in [2.45, 2.75) is 12.8 Å². The van der Waals surface area contributed by atoms with Gasteiger partial charge in [0.15, 0.2) is 5.65 Å². The molecule has 0 amide bonds. The van der Waals surface area contributed by atoms with Gasteiger partial charge in [-0.1, -0.05) is 36.4 Å². The number of aromatic nitrogens is 4. The van der Waals surface area contributed by atoms with Crippen LogP contribution in [0.25, 0.3) is 60.7 Å². The third-order valence-electron chi connectivity index (χ3n) is 7.95. The molecule has 0 N–H and O–H groups in total. The van der Waals surface area contributed by atoms with E-state index in [2.05, 4.69) is 70.0 Å². The van der Waals surface area contributed by atoms with E-state index in [1.807, 2.05) is 24.7 Å². The molecular weight excluding hydrogens is 428 g/mol. The predicted molar refractivity (Wildman–Crippen MR) is 140 cm³/mol. The highest BCUT2D eigenvalue weighted by molar-refractivity contribution is 6.12. The van der Waals surface area contributed by atoms with Crippen molar-refractivity contribution in [3.63, 3.8) is 0 Å². The summed E-state index contributed by atoms with van der Waals surface area (Å²) in [6.07, 6.45) is 7.60. The molecule has 0 radical (unpaired) electrons. The molecule has 4 heterocycles. The van der Waals surface area contributed by atoms with E-state index in [1.54, 1.807) is 0 Å². The minimum absolute atomic E-state index is 0.900. The maximum Gasteiger partial charge on any atom is 0.165 e. The fraction of sp³-hybridized carbons (Fsp3) is 0.0645. The first-order chi connectivity index (χ1) is 17.3. The summed E-state index contributed by atoms with van der Waals surface area (Å²) in [5.74, 6) is 0. The molecule has 0 unspecified atom stereocenters. The summed E-state index contributed by atoms with van der Waals surface area (Å²) >= 11 is 0. The number of pyridine rings is 3. The van der Waals surface area contributed by atoms with Crippen LogP contribution in [0.4, 0.5) is 0 Å². The van der Waals surface area contributed by atoms with Crippen molar-refractivity contribution < 1.29 is 0 Å². The first-order valence-corrected chi connectivity index (χ1v) is 12.0. The van der Waals surface area contributed by atoms with Crippen LogP contribution in [0.1, 0.15) is 22.3 Å². The van der Waals surface area contributed by atoms with Crippen molar-refractivity contribution >= 4 is 38.5 Å². The summed E-state index contributed by atoms with van der Waals surface area (Å²) in [4.78, 5) is 14.3. The van der Waals surface area contributed by atoms with Crippen LogP contribution in [-0.2, 0) is 12.8 Å². The lowest BCUT2D eigenvalue weighted by molar-refractivity contribution is 1.22. The van der Waals surface area contributed by atoms with Gasteiger partial charge in [-0.25, -0.2) is 4.98 Å². The molecule has 4 nitrogen and oxygen atoms in total. The second-order valence-corrected chi connectivity index (χ2v) is 9.70. The lowest BCUT2D eigenvalue weighted by Gasteiger charge is -2.09. The van der Waals surface area contributed by atoms with Gasteiger partial charge in [0.25, 0.3) is 0 Å². The van der Waals surface area contributed by atoms with Crippen molar-refractivity contribution in [3.05, 3.63) is 108 Å². The van der Waals surface area contributed by atoms with Crippen LogP contribution in [-0.4, -0.2) is 19.4 Å². The fourth-order valence-electron chi connectivity index (χ4n) is 6.47. The maximum absolute atomic E-state index is 5.10. The van der Waals surface area contributed by atoms with Gasteiger partial charge in [-0.3, -0.25) is 14.4 Å². The Balaban J connectivity index is 1.38. The van der Waals surface area contributed by atoms with E-state index in [-0.39, 0.29) is 0 Å². The third kappa shape index (κ3) is 2.15. The molecule has 0 aliphatic heterocycles. The lowest BCUT2D eigenvalue weighted by Crippen LogP contribution is -1.95. The maximum atomic E-state index is 5.10. The fourth-order valence-corrected chi connectivity index (χ4v) is 6.47. The van der Waals surface area contributed by atoms with Crippen LogP contribution in [0.2, 0.25) is 0 Å². The predicted octanol–water partition coefficient (Wildman–Crippen LogP) is 6.73. The Morgan fingerprint density at radius 1 is 0.686 bits per heavy atom. The Hall–Kier alpha value is -4.57. The van der Waals surface area contributed by atoms with Crippen LogP contribution in [0, 0.1) is 0 Å². The van der Waals surface area contributed by atoms with Gasteiger partial charge in [-0.05, 0) is 81.3 Å². The van der Waals surface area contributed by atoms with Crippen LogP contribution in [0.5, 0.6) is 0 Å². The number of rotatable bonds is 0. The zero-order chi connectivity index (χ0) is 22.7. The van der Waals surface area contributed by atoms with Crippen molar-refractivity contribution in [1.82, 2.24) is 19.4 Å². The van der Waals surface area contributed by atoms with E-state index in [0.29, 0.717) is 0 Å². The quantitative estimate of drug-likeness (QED) is 0.243. The van der Waals surface area contributed by atoms with E-state index in [9.17, 15) is 0 Å². The van der Waals surface area contributed by atoms with Gasteiger partial charge in [-0.15, -0.1) is 0 Å². The molecule has 0 atom stereocenters. The molecule has 3 aromatic carbocycles. The van der Waals surface area contributed by atoms with Crippen molar-refractivity contribution in [1.29, 1.82) is 0 Å². The lowest BCUT2D eigenvalue weighted by atomic mass is 9.98. The molecule has 162 valence electrons. The van der Waals surface area contributed by atoms with Crippen LogP contribution >= 0.6 is 0 Å². The number of fused-ring (bicyclic) bond motifs is 15. The van der Waals surface area contributed by atoms with Crippen molar-refractivity contribution in [2.24, 2.45) is 0 Å². The molecular formula is C31H18N4. The van der Waals surface area contributed by atoms with Gasteiger partial charge < -0.3 is 0 Å². The molecule has 0 fully saturated rings. The molecule has 9 rings (SSSR count). The van der Waals surface area contributed by atoms with Crippen LogP contribution in [0.3, 0.4) is 0 Å². The van der Waals surface area contributed by atoms with Gasteiger partial charge in [0, 0.05) is 29.6 Å². The molecule has 4 aromatic heterocycles. The summed E-state index contributed by atoms with van der Waals surface area (Å²) in [7, 11) is 0. The topological polar surface area (TPSA) is 43.1 Å². The summed E-state index contributed by atoms with van der Waals surface area (Å²) in [6, 6.07) is 24.3. The molecule has 0 saturated heterocycles. The Morgan fingerprint density at radius 2 is 1.57 bits per heavy atom. The summed E-state index contributed by atoms with van der Waals surface area (Å²) in [5, 5.41) is 2.27. The number of benzene rings is 3. The summed E-state index contributed by atoms with van der Waals surface area (Å²) in [6.45, 7) is 0. The molecule has 2 aliphatic carbocycles. The largest absolute Gasteiger partial charge is 0.289 e. The van der Waals surface area contributed by atoms with Gasteiger partial charge in [0.1, 0.15) is 5.52 Å². The normalized spacial score (nSPS) is 13.5. The average Bonchev–Trinajstić information content (AvgIpc) is 3.58. The van der Waals surface area contributed by atoms with Crippen LogP contribution < -0.4 is 0 Å². The number of hydrogen-bond donors (Lipinski definition) is 0. The second kappa shape index (κ2) is 6.10. The third-order valence-corrected chi connectivity index (χ3v) is 7.95. The van der Waals surface area contributed by atoms with Gasteiger partial charge >= 0.3 is 0 Å². The number of nitrogens with zero attached hydrogens (tertiary/aromatic N) is 4. The smallest absolute Gasteiger partial charge is 0.165 e. The Kier molecular flexibility index (Phi) is 3.11. The first-order valence-electron chi connectivity index (χ1n) is 12.0. The molecule has 35 heavy (non-hydrogen) atoms. The summed E-state index contributed by atoms with van der Waals surface area (Å²) in [5.41, 5.74) is 16.2. The average molecular weight is 447 g/mol. The Morgan fingerprint density at radius 3 is 2.54 bits per heavy atom. The van der Waals surface area contributed by atoms with E-state index in [0.717, 1.165) is 45.8 Å². The SMILES string of the molecule is c1ccc2c(c1)Cc1cc3c(cc1-2)Cc1c-3ccc2nc3c4ncccc4c4ccncc4n3c12. The number of hydrogen-bond acceptors (Lipinski definition) is 3. The summed E-state index contributed by atoms with van der Waals surface area (Å²) < 4.78 is 2.29. The van der Waals surface area contributed by atoms with Gasteiger partial charge in [-0.2, -0.15) is 0 Å². The highest BCUT2D eigenvalue weighted by Gasteiger charge is 2.28.